The van der Waals surface area contributed by atoms with E-state index in [2.05, 4.69) is 15.5 Å². The summed E-state index contributed by atoms with van der Waals surface area (Å²) in [5.41, 5.74) is 1.85. The van der Waals surface area contributed by atoms with E-state index in [0.29, 0.717) is 16.6 Å². The van der Waals surface area contributed by atoms with Crippen molar-refractivity contribution in [1.82, 2.24) is 10.2 Å². The molecule has 1 aromatic carbocycles. The molecule has 2 rings (SSSR count). The van der Waals surface area contributed by atoms with Gasteiger partial charge in [-0.3, -0.25) is 9.89 Å². The number of hydrogen-bond donors (Lipinski definition) is 2. The Balaban J connectivity index is 1.88. The molecule has 2 aromatic rings. The van der Waals surface area contributed by atoms with Crippen LogP contribution in [0.25, 0.3) is 0 Å². The first-order valence-electron chi connectivity index (χ1n) is 6.31. The normalized spacial score (nSPS) is 10.3. The molecule has 6 heteroatoms. The number of carbonyl (C=O) groups excluding carboxylic acids is 1. The van der Waals surface area contributed by atoms with Crippen LogP contribution < -0.4 is 10.1 Å². The number of aromatic amines is 1. The Hall–Kier alpha value is -2.01. The second-order valence-electron chi connectivity index (χ2n) is 4.38. The minimum Gasteiger partial charge on any atom is -0.483 e. The first-order valence-corrected chi connectivity index (χ1v) is 6.69. The molecule has 0 aliphatic carbocycles. The predicted octanol–water partition coefficient (Wildman–Crippen LogP) is 2.95. The van der Waals surface area contributed by atoms with Crippen molar-refractivity contribution in [3.8, 4) is 5.75 Å². The maximum Gasteiger partial charge on any atom is 0.263 e. The molecule has 106 valence electrons. The van der Waals surface area contributed by atoms with Crippen LogP contribution in [0.4, 0.5) is 5.82 Å². The zero-order chi connectivity index (χ0) is 14.5. The third-order valence-electron chi connectivity index (χ3n) is 2.78. The van der Waals surface area contributed by atoms with E-state index in [1.807, 2.05) is 13.8 Å². The number of halogens is 1. The van der Waals surface area contributed by atoms with Gasteiger partial charge in [0.1, 0.15) is 5.75 Å². The summed E-state index contributed by atoms with van der Waals surface area (Å²) < 4.78 is 5.45. The first kappa shape index (κ1) is 14.4. The minimum absolute atomic E-state index is 0.0726. The number of hydrogen-bond acceptors (Lipinski definition) is 3. The molecule has 20 heavy (non-hydrogen) atoms. The Morgan fingerprint density at radius 2 is 2.25 bits per heavy atom. The van der Waals surface area contributed by atoms with Gasteiger partial charge in [-0.2, -0.15) is 5.10 Å². The first-order chi connectivity index (χ1) is 9.58. The maximum absolute atomic E-state index is 11.7. The Morgan fingerprint density at radius 3 is 2.90 bits per heavy atom. The van der Waals surface area contributed by atoms with Gasteiger partial charge >= 0.3 is 0 Å². The van der Waals surface area contributed by atoms with Crippen molar-refractivity contribution in [2.24, 2.45) is 0 Å². The summed E-state index contributed by atoms with van der Waals surface area (Å²) in [4.78, 5) is 11.7. The number of aromatic nitrogens is 2. The fourth-order valence-corrected chi connectivity index (χ4v) is 1.93. The largest absolute Gasteiger partial charge is 0.483 e. The average molecular weight is 294 g/mol. The van der Waals surface area contributed by atoms with Crippen molar-refractivity contribution in [3.63, 3.8) is 0 Å². The highest BCUT2D eigenvalue weighted by molar-refractivity contribution is 6.30. The summed E-state index contributed by atoms with van der Waals surface area (Å²) in [6.07, 6.45) is 0.837. The molecule has 5 nitrogen and oxygen atoms in total. The third-order valence-corrected chi connectivity index (χ3v) is 3.01. The summed E-state index contributed by atoms with van der Waals surface area (Å²) in [7, 11) is 0. The van der Waals surface area contributed by atoms with Crippen LogP contribution in [-0.2, 0) is 11.2 Å². The monoisotopic (exact) mass is 293 g/mol. The molecule has 2 N–H and O–H groups in total. The summed E-state index contributed by atoms with van der Waals surface area (Å²) in [5, 5.41) is 10.1. The van der Waals surface area contributed by atoms with Gasteiger partial charge in [0.25, 0.3) is 5.91 Å². The van der Waals surface area contributed by atoms with Gasteiger partial charge in [-0.1, -0.05) is 18.5 Å². The van der Waals surface area contributed by atoms with Crippen molar-refractivity contribution < 1.29 is 9.53 Å². The van der Waals surface area contributed by atoms with Crippen LogP contribution in [0.1, 0.15) is 18.2 Å². The van der Waals surface area contributed by atoms with Gasteiger partial charge in [0.15, 0.2) is 12.4 Å². The molecule has 0 aliphatic rings. The smallest absolute Gasteiger partial charge is 0.263 e. The van der Waals surface area contributed by atoms with Crippen molar-refractivity contribution in [2.45, 2.75) is 20.3 Å². The zero-order valence-electron chi connectivity index (χ0n) is 11.4. The lowest BCUT2D eigenvalue weighted by Gasteiger charge is -2.08. The number of nitrogens with one attached hydrogen (secondary N) is 2. The quantitative estimate of drug-likeness (QED) is 0.890. The maximum atomic E-state index is 11.7. The summed E-state index contributed by atoms with van der Waals surface area (Å²) in [5.74, 6) is 0.887. The molecule has 0 unspecified atom stereocenters. The zero-order valence-corrected chi connectivity index (χ0v) is 12.1. The Morgan fingerprint density at radius 1 is 1.45 bits per heavy atom. The minimum atomic E-state index is -0.256. The Labute approximate surface area is 122 Å². The van der Waals surface area contributed by atoms with E-state index in [1.165, 1.54) is 0 Å². The average Bonchev–Trinajstić information content (AvgIpc) is 2.85. The van der Waals surface area contributed by atoms with Gasteiger partial charge in [0, 0.05) is 16.8 Å². The molecular weight excluding hydrogens is 278 g/mol. The summed E-state index contributed by atoms with van der Waals surface area (Å²) in [6.45, 7) is 3.81. The molecule has 1 heterocycles. The third kappa shape index (κ3) is 3.74. The van der Waals surface area contributed by atoms with Crippen molar-refractivity contribution in [2.75, 3.05) is 11.9 Å². The van der Waals surface area contributed by atoms with Gasteiger partial charge in [-0.25, -0.2) is 0 Å². The van der Waals surface area contributed by atoms with Gasteiger partial charge in [0.05, 0.1) is 0 Å². The number of H-pyrrole nitrogens is 1. The molecule has 0 atom stereocenters. The van der Waals surface area contributed by atoms with Gasteiger partial charge in [0.2, 0.25) is 0 Å². The molecule has 0 fully saturated rings. The lowest BCUT2D eigenvalue weighted by molar-refractivity contribution is -0.118. The van der Waals surface area contributed by atoms with E-state index >= 15 is 0 Å². The molecule has 0 bridgehead atoms. The molecule has 0 saturated heterocycles. The molecular formula is C14H16ClN3O2. The number of ether oxygens (including phenoxy) is 1. The van der Waals surface area contributed by atoms with Crippen molar-refractivity contribution in [1.29, 1.82) is 0 Å². The topological polar surface area (TPSA) is 67.0 Å². The molecule has 1 amide bonds. The van der Waals surface area contributed by atoms with Gasteiger partial charge < -0.3 is 10.1 Å². The number of nitrogens with zero attached hydrogens (tertiary/aromatic N) is 1. The number of aryl methyl sites for hydroxylation is 2. The van der Waals surface area contributed by atoms with Crippen molar-refractivity contribution in [3.05, 3.63) is 40.5 Å². The Kier molecular flexibility index (Phi) is 4.63. The highest BCUT2D eigenvalue weighted by Crippen LogP contribution is 2.21. The number of rotatable bonds is 5. The van der Waals surface area contributed by atoms with E-state index in [9.17, 15) is 4.79 Å². The highest BCUT2D eigenvalue weighted by Gasteiger charge is 2.07. The molecule has 0 spiro atoms. The van der Waals surface area contributed by atoms with E-state index in [4.69, 9.17) is 16.3 Å². The number of benzene rings is 1. The number of amides is 1. The highest BCUT2D eigenvalue weighted by atomic mass is 35.5. The summed E-state index contributed by atoms with van der Waals surface area (Å²) >= 11 is 5.86. The van der Waals surface area contributed by atoms with E-state index in [1.54, 1.807) is 24.3 Å². The van der Waals surface area contributed by atoms with Crippen LogP contribution in [-0.4, -0.2) is 22.7 Å². The van der Waals surface area contributed by atoms with Crippen LogP contribution in [0, 0.1) is 6.92 Å². The van der Waals surface area contributed by atoms with E-state index < -0.39 is 0 Å². The summed E-state index contributed by atoms with van der Waals surface area (Å²) in [6, 6.07) is 7.05. The van der Waals surface area contributed by atoms with Crippen LogP contribution in [0.5, 0.6) is 5.75 Å². The second kappa shape index (κ2) is 6.43. The molecule has 0 aliphatic heterocycles. The van der Waals surface area contributed by atoms with Crippen LogP contribution in [0.15, 0.2) is 24.3 Å². The van der Waals surface area contributed by atoms with Gasteiger partial charge in [-0.15, -0.1) is 0 Å². The molecule has 1 aromatic heterocycles. The molecule has 0 saturated carbocycles. The van der Waals surface area contributed by atoms with Crippen LogP contribution >= 0.6 is 11.6 Å². The lowest BCUT2D eigenvalue weighted by atomic mass is 10.2. The lowest BCUT2D eigenvalue weighted by Crippen LogP contribution is -2.20. The number of carbonyl (C=O) groups is 1. The van der Waals surface area contributed by atoms with Crippen LogP contribution in [0.3, 0.4) is 0 Å². The second-order valence-corrected chi connectivity index (χ2v) is 4.82. The number of anilines is 1. The fraction of sp³-hybridized carbons (Fsp3) is 0.286. The van der Waals surface area contributed by atoms with E-state index in [-0.39, 0.29) is 12.5 Å². The standard InChI is InChI=1S/C14H16ClN3O2/c1-3-11-7-13(18-17-11)16-14(19)8-20-12-5-4-10(15)6-9(12)2/h4-7H,3,8H2,1-2H3,(H2,16,17,18,19). The predicted molar refractivity (Wildman–Crippen MR) is 78.3 cm³/mol. The SMILES string of the molecule is CCc1cc(NC(=O)COc2ccc(Cl)cc2C)n[nH]1. The van der Waals surface area contributed by atoms with E-state index in [0.717, 1.165) is 17.7 Å². The Bertz CT molecular complexity index is 610. The fourth-order valence-electron chi connectivity index (χ4n) is 1.70. The molecule has 0 radical (unpaired) electrons. The van der Waals surface area contributed by atoms with Crippen molar-refractivity contribution >= 4 is 23.3 Å². The van der Waals surface area contributed by atoms with Gasteiger partial charge in [-0.05, 0) is 37.1 Å². The van der Waals surface area contributed by atoms with Crippen LogP contribution in [0.2, 0.25) is 5.02 Å².